The Balaban J connectivity index is 2.01. The van der Waals surface area contributed by atoms with Gasteiger partial charge in [0.05, 0.1) is 5.52 Å². The second kappa shape index (κ2) is 5.54. The van der Waals surface area contributed by atoms with E-state index < -0.39 is 0 Å². The van der Waals surface area contributed by atoms with Crippen LogP contribution in [0.4, 0.5) is 5.82 Å². The van der Waals surface area contributed by atoms with Gasteiger partial charge in [0, 0.05) is 24.5 Å². The van der Waals surface area contributed by atoms with Gasteiger partial charge < -0.3 is 9.80 Å². The van der Waals surface area contributed by atoms with Gasteiger partial charge in [-0.15, -0.1) is 0 Å². The average molecular weight is 291 g/mol. The Bertz CT molecular complexity index is 614. The fourth-order valence-corrected chi connectivity index (χ4v) is 3.01. The van der Waals surface area contributed by atoms with Gasteiger partial charge in [-0.05, 0) is 50.7 Å². The molecule has 3 rings (SSSR count). The number of nitrogens with zero attached hydrogens (tertiary/aromatic N) is 4. The zero-order valence-corrected chi connectivity index (χ0v) is 12.6. The molecule has 20 heavy (non-hydrogen) atoms. The molecule has 1 aromatic carbocycles. The summed E-state index contributed by atoms with van der Waals surface area (Å²) in [6, 6.07) is 8.63. The third-order valence-electron chi connectivity index (χ3n) is 3.98. The van der Waals surface area contributed by atoms with Crippen molar-refractivity contribution in [1.29, 1.82) is 0 Å². The predicted octanol–water partition coefficient (Wildman–Crippen LogP) is 2.81. The van der Waals surface area contributed by atoms with Gasteiger partial charge in [-0.25, -0.2) is 4.98 Å². The molecule has 0 radical (unpaired) electrons. The van der Waals surface area contributed by atoms with Crippen LogP contribution in [-0.4, -0.2) is 48.1 Å². The van der Waals surface area contributed by atoms with Crippen molar-refractivity contribution in [2.45, 2.75) is 18.9 Å². The molecule has 0 spiro atoms. The van der Waals surface area contributed by atoms with Crippen molar-refractivity contribution in [3.63, 3.8) is 0 Å². The van der Waals surface area contributed by atoms with Crippen LogP contribution in [0.2, 0.25) is 5.28 Å². The molecule has 1 atom stereocenters. The van der Waals surface area contributed by atoms with Crippen molar-refractivity contribution in [3.05, 3.63) is 29.5 Å². The highest BCUT2D eigenvalue weighted by Crippen LogP contribution is 2.28. The van der Waals surface area contributed by atoms with Crippen LogP contribution in [0.15, 0.2) is 24.3 Å². The van der Waals surface area contributed by atoms with E-state index in [-0.39, 0.29) is 0 Å². The first-order chi connectivity index (χ1) is 9.65. The molecular formula is C15H19ClN4. The number of rotatable bonds is 2. The predicted molar refractivity (Wildman–Crippen MR) is 83.5 cm³/mol. The summed E-state index contributed by atoms with van der Waals surface area (Å²) < 4.78 is 0. The molecule has 0 bridgehead atoms. The van der Waals surface area contributed by atoms with Crippen molar-refractivity contribution in [2.24, 2.45) is 0 Å². The number of hydrogen-bond acceptors (Lipinski definition) is 4. The normalized spacial score (nSPS) is 19.8. The quantitative estimate of drug-likeness (QED) is 0.796. The third kappa shape index (κ3) is 2.58. The number of hydrogen-bond donors (Lipinski definition) is 0. The smallest absolute Gasteiger partial charge is 0.224 e. The van der Waals surface area contributed by atoms with E-state index >= 15 is 0 Å². The summed E-state index contributed by atoms with van der Waals surface area (Å²) >= 11 is 6.08. The van der Waals surface area contributed by atoms with E-state index in [2.05, 4.69) is 39.9 Å². The molecule has 1 aromatic heterocycles. The van der Waals surface area contributed by atoms with E-state index in [1.165, 1.54) is 12.8 Å². The van der Waals surface area contributed by atoms with Crippen molar-refractivity contribution < 1.29 is 0 Å². The Hall–Kier alpha value is -1.39. The van der Waals surface area contributed by atoms with E-state index in [9.17, 15) is 0 Å². The number of aromatic nitrogens is 2. The zero-order chi connectivity index (χ0) is 14.1. The first kappa shape index (κ1) is 13.6. The molecule has 1 aliphatic rings. The molecule has 0 saturated carbocycles. The molecule has 1 fully saturated rings. The van der Waals surface area contributed by atoms with Crippen molar-refractivity contribution in [3.8, 4) is 0 Å². The summed E-state index contributed by atoms with van der Waals surface area (Å²) in [6.45, 7) is 2.02. The molecule has 1 saturated heterocycles. The van der Waals surface area contributed by atoms with Gasteiger partial charge in [-0.2, -0.15) is 4.98 Å². The Morgan fingerprint density at radius 2 is 2.05 bits per heavy atom. The van der Waals surface area contributed by atoms with E-state index in [1.54, 1.807) is 0 Å². The molecule has 2 aromatic rings. The fourth-order valence-electron chi connectivity index (χ4n) is 2.84. The van der Waals surface area contributed by atoms with E-state index in [1.807, 2.05) is 18.2 Å². The number of fused-ring (bicyclic) bond motifs is 1. The summed E-state index contributed by atoms with van der Waals surface area (Å²) in [6.07, 6.45) is 2.42. The van der Waals surface area contributed by atoms with Crippen LogP contribution >= 0.6 is 11.6 Å². The van der Waals surface area contributed by atoms with Gasteiger partial charge >= 0.3 is 0 Å². The lowest BCUT2D eigenvalue weighted by Crippen LogP contribution is -2.45. The Morgan fingerprint density at radius 1 is 1.25 bits per heavy atom. The van der Waals surface area contributed by atoms with Gasteiger partial charge in [0.15, 0.2) is 0 Å². The highest BCUT2D eigenvalue weighted by atomic mass is 35.5. The lowest BCUT2D eigenvalue weighted by atomic mass is 10.0. The molecule has 1 aliphatic heterocycles. The lowest BCUT2D eigenvalue weighted by Gasteiger charge is -2.37. The van der Waals surface area contributed by atoms with Crippen molar-refractivity contribution >= 4 is 28.3 Å². The van der Waals surface area contributed by atoms with Crippen molar-refractivity contribution in [2.75, 3.05) is 32.1 Å². The van der Waals surface area contributed by atoms with Gasteiger partial charge in [-0.1, -0.05) is 12.1 Å². The van der Waals surface area contributed by atoms with Gasteiger partial charge in [-0.3, -0.25) is 0 Å². The molecule has 0 N–H and O–H groups in total. The first-order valence-electron chi connectivity index (χ1n) is 6.99. The minimum Gasteiger partial charge on any atom is -0.354 e. The SMILES string of the molecule is CN(C)C1CCCN(c2nc(Cl)nc3ccccc23)C1. The lowest BCUT2D eigenvalue weighted by molar-refractivity contribution is 0.257. The van der Waals surface area contributed by atoms with Gasteiger partial charge in [0.25, 0.3) is 0 Å². The minimum atomic E-state index is 0.325. The number of halogens is 1. The maximum Gasteiger partial charge on any atom is 0.224 e. The van der Waals surface area contributed by atoms with E-state index in [0.717, 1.165) is 29.8 Å². The summed E-state index contributed by atoms with van der Waals surface area (Å²) in [5, 5.41) is 1.40. The van der Waals surface area contributed by atoms with Crippen LogP contribution in [0, 0.1) is 0 Å². The van der Waals surface area contributed by atoms with Crippen LogP contribution in [0.25, 0.3) is 10.9 Å². The molecule has 1 unspecified atom stereocenters. The third-order valence-corrected chi connectivity index (χ3v) is 4.15. The molecule has 2 heterocycles. The summed E-state index contributed by atoms with van der Waals surface area (Å²) in [5.74, 6) is 0.965. The zero-order valence-electron chi connectivity index (χ0n) is 11.9. The topological polar surface area (TPSA) is 32.3 Å². The summed E-state index contributed by atoms with van der Waals surface area (Å²) in [4.78, 5) is 13.4. The largest absolute Gasteiger partial charge is 0.354 e. The Morgan fingerprint density at radius 3 is 2.85 bits per heavy atom. The molecule has 0 aliphatic carbocycles. The Kier molecular flexibility index (Phi) is 3.76. The summed E-state index contributed by atoms with van der Waals surface area (Å²) in [5.41, 5.74) is 0.912. The van der Waals surface area contributed by atoms with Crippen LogP contribution in [0.3, 0.4) is 0 Å². The van der Waals surface area contributed by atoms with Crippen LogP contribution in [0.5, 0.6) is 0 Å². The van der Waals surface area contributed by atoms with Gasteiger partial charge in [0.2, 0.25) is 5.28 Å². The van der Waals surface area contributed by atoms with Crippen molar-refractivity contribution in [1.82, 2.24) is 14.9 Å². The average Bonchev–Trinajstić information content (AvgIpc) is 2.46. The first-order valence-corrected chi connectivity index (χ1v) is 7.36. The van der Waals surface area contributed by atoms with Crippen LogP contribution in [-0.2, 0) is 0 Å². The highest BCUT2D eigenvalue weighted by Gasteiger charge is 2.24. The summed E-state index contributed by atoms with van der Waals surface area (Å²) in [7, 11) is 4.28. The second-order valence-electron chi connectivity index (χ2n) is 5.54. The standard InChI is InChI=1S/C15H19ClN4/c1-19(2)11-6-5-9-20(10-11)14-12-7-3-4-8-13(12)17-15(16)18-14/h3-4,7-8,11H,5-6,9-10H2,1-2H3. The molecule has 4 nitrogen and oxygen atoms in total. The maximum absolute atomic E-state index is 6.08. The molecule has 106 valence electrons. The number of anilines is 1. The van der Waals surface area contributed by atoms with Gasteiger partial charge in [0.1, 0.15) is 5.82 Å². The molecule has 5 heteroatoms. The number of piperidine rings is 1. The molecular weight excluding hydrogens is 272 g/mol. The number of likely N-dealkylation sites (N-methyl/N-ethyl adjacent to an activating group) is 1. The Labute approximate surface area is 124 Å². The second-order valence-corrected chi connectivity index (χ2v) is 5.88. The van der Waals surface area contributed by atoms with Crippen LogP contribution in [0.1, 0.15) is 12.8 Å². The van der Waals surface area contributed by atoms with Crippen LogP contribution < -0.4 is 4.90 Å². The van der Waals surface area contributed by atoms with E-state index in [0.29, 0.717) is 11.3 Å². The fraction of sp³-hybridized carbons (Fsp3) is 0.467. The number of benzene rings is 1. The maximum atomic E-state index is 6.08. The highest BCUT2D eigenvalue weighted by molar-refractivity contribution is 6.28. The van der Waals surface area contributed by atoms with E-state index in [4.69, 9.17) is 11.6 Å². The number of para-hydroxylation sites is 1. The minimum absolute atomic E-state index is 0.325. The molecule has 0 amide bonds. The monoisotopic (exact) mass is 290 g/mol.